The highest BCUT2D eigenvalue weighted by Gasteiger charge is 2.48. The second kappa shape index (κ2) is 12.9. The molecule has 0 bridgehead atoms. The van der Waals surface area contributed by atoms with E-state index >= 15 is 0 Å². The maximum atomic E-state index is 7.18. The second-order valence-corrected chi connectivity index (χ2v) is 18.6. The lowest BCUT2D eigenvalue weighted by Crippen LogP contribution is -2.65. The van der Waals surface area contributed by atoms with E-state index in [0.717, 1.165) is 37.4 Å². The molecule has 0 atom stereocenters. The Morgan fingerprint density at radius 3 is 1.63 bits per heavy atom. The first-order chi connectivity index (χ1) is 29.8. The van der Waals surface area contributed by atoms with Crippen LogP contribution in [-0.4, -0.2) is 52.7 Å². The lowest BCUT2D eigenvalue weighted by molar-refractivity contribution is 0.487. The van der Waals surface area contributed by atoms with Crippen molar-refractivity contribution >= 4 is 97.4 Å². The normalized spacial score (nSPS) is 18.8. The number of rotatable bonds is 3. The largest absolute Gasteiger partial charge is 0.458 e. The van der Waals surface area contributed by atoms with Crippen LogP contribution in [0.15, 0.2) is 103 Å². The van der Waals surface area contributed by atoms with Gasteiger partial charge in [0.05, 0.1) is 0 Å². The van der Waals surface area contributed by atoms with Gasteiger partial charge in [-0.05, 0) is 157 Å². The third kappa shape index (κ3) is 4.63. The Morgan fingerprint density at radius 2 is 0.983 bits per heavy atom. The molecular weight excluding hydrogens is 732 g/mol. The molecule has 0 saturated carbocycles. The maximum Gasteiger partial charge on any atom is 0.256 e. The zero-order chi connectivity index (χ0) is 39.1. The summed E-state index contributed by atoms with van der Waals surface area (Å²) >= 11 is 0. The van der Waals surface area contributed by atoms with Crippen molar-refractivity contribution in [2.75, 3.05) is 63.8 Å². The molecular formula is C52H49B2N5O. The predicted molar refractivity (Wildman–Crippen MR) is 253 cm³/mol. The van der Waals surface area contributed by atoms with Crippen molar-refractivity contribution < 1.29 is 4.74 Å². The molecule has 0 radical (unpaired) electrons. The number of hydrogen-bond donors (Lipinski definition) is 0. The van der Waals surface area contributed by atoms with Gasteiger partial charge < -0.3 is 29.2 Å². The Balaban J connectivity index is 1.02. The van der Waals surface area contributed by atoms with Crippen LogP contribution in [0, 0.1) is 0 Å². The molecule has 14 rings (SSSR count). The summed E-state index contributed by atoms with van der Waals surface area (Å²) in [6, 6.07) is 40.0. The molecule has 294 valence electrons. The number of hydrogen-bond acceptors (Lipinski definition) is 6. The summed E-state index contributed by atoms with van der Waals surface area (Å²) < 4.78 is 7.18. The van der Waals surface area contributed by atoms with E-state index in [2.05, 4.69) is 128 Å². The summed E-state index contributed by atoms with van der Waals surface area (Å²) in [6.07, 6.45) is 12.5. The van der Waals surface area contributed by atoms with Crippen LogP contribution < -0.4 is 62.0 Å². The Morgan fingerprint density at radius 1 is 0.400 bits per heavy atom. The number of benzene rings is 6. The molecule has 0 amide bonds. The Bertz CT molecular complexity index is 2780. The summed E-state index contributed by atoms with van der Waals surface area (Å²) in [5.41, 5.74) is 23.8. The average Bonchev–Trinajstić information content (AvgIpc) is 3.31. The van der Waals surface area contributed by atoms with E-state index in [9.17, 15) is 0 Å². The highest BCUT2D eigenvalue weighted by molar-refractivity contribution is 7.02. The van der Waals surface area contributed by atoms with E-state index in [0.29, 0.717) is 0 Å². The summed E-state index contributed by atoms with van der Waals surface area (Å²) in [5, 5.41) is 0. The minimum atomic E-state index is 0.0982. The van der Waals surface area contributed by atoms with Gasteiger partial charge in [-0.3, -0.25) is 0 Å². The van der Waals surface area contributed by atoms with E-state index in [1.807, 2.05) is 0 Å². The summed E-state index contributed by atoms with van der Waals surface area (Å²) in [4.78, 5) is 13.3. The fraction of sp³-hybridized carbons (Fsp3) is 0.308. The lowest BCUT2D eigenvalue weighted by Gasteiger charge is -2.48. The van der Waals surface area contributed by atoms with Crippen LogP contribution >= 0.6 is 0 Å². The number of fused-ring (bicyclic) bond motifs is 8. The van der Waals surface area contributed by atoms with Crippen LogP contribution in [0.3, 0.4) is 0 Å². The van der Waals surface area contributed by atoms with Crippen molar-refractivity contribution in [2.24, 2.45) is 0 Å². The maximum absolute atomic E-state index is 7.18. The van der Waals surface area contributed by atoms with Gasteiger partial charge in [0.1, 0.15) is 11.5 Å². The van der Waals surface area contributed by atoms with Crippen molar-refractivity contribution in [3.8, 4) is 11.5 Å². The number of nitrogens with zero attached hydrogens (tertiary/aromatic N) is 5. The minimum absolute atomic E-state index is 0.0982. The van der Waals surface area contributed by atoms with Crippen molar-refractivity contribution in [2.45, 2.75) is 64.2 Å². The molecule has 0 spiro atoms. The SMILES string of the molecule is c1ccc(N2c3cc4c(cc3B3c5ccc(N6CCCCC6)c6c5N(CCC6)c5cccc2c53)B2c3ccc(N5CCCCC5)c5c3N(CCC5)c3cccc(c32)O4)cc1. The van der Waals surface area contributed by atoms with E-state index in [1.165, 1.54) is 162 Å². The monoisotopic (exact) mass is 781 g/mol. The fourth-order valence-electron chi connectivity index (χ4n) is 13.1. The first kappa shape index (κ1) is 34.0. The molecule has 8 heterocycles. The van der Waals surface area contributed by atoms with Gasteiger partial charge in [-0.2, -0.15) is 0 Å². The molecule has 8 heteroatoms. The van der Waals surface area contributed by atoms with Crippen molar-refractivity contribution in [1.29, 1.82) is 0 Å². The molecule has 6 nitrogen and oxygen atoms in total. The van der Waals surface area contributed by atoms with Gasteiger partial charge in [0.25, 0.3) is 13.4 Å². The molecule has 0 N–H and O–H groups in total. The molecule has 6 aromatic carbocycles. The molecule has 0 unspecified atom stereocenters. The van der Waals surface area contributed by atoms with Crippen LogP contribution in [0.4, 0.5) is 51.2 Å². The lowest BCUT2D eigenvalue weighted by atomic mass is 9.30. The van der Waals surface area contributed by atoms with Gasteiger partial charge in [0.15, 0.2) is 0 Å². The highest BCUT2D eigenvalue weighted by Crippen LogP contribution is 2.48. The van der Waals surface area contributed by atoms with E-state index in [-0.39, 0.29) is 13.4 Å². The van der Waals surface area contributed by atoms with Gasteiger partial charge in [-0.25, -0.2) is 0 Å². The van der Waals surface area contributed by atoms with Gasteiger partial charge in [0, 0.05) is 96.5 Å². The van der Waals surface area contributed by atoms with Crippen molar-refractivity contribution in [1.82, 2.24) is 0 Å². The van der Waals surface area contributed by atoms with E-state index in [4.69, 9.17) is 4.74 Å². The van der Waals surface area contributed by atoms with Crippen LogP contribution in [0.25, 0.3) is 0 Å². The fourth-order valence-corrected chi connectivity index (χ4v) is 13.1. The first-order valence-electron chi connectivity index (χ1n) is 23.1. The van der Waals surface area contributed by atoms with Crippen LogP contribution in [-0.2, 0) is 12.8 Å². The molecule has 8 aliphatic heterocycles. The predicted octanol–water partition coefficient (Wildman–Crippen LogP) is 7.38. The zero-order valence-corrected chi connectivity index (χ0v) is 34.4. The number of piperidine rings is 2. The molecule has 60 heavy (non-hydrogen) atoms. The molecule has 6 aromatic rings. The van der Waals surface area contributed by atoms with Gasteiger partial charge in [-0.1, -0.05) is 48.5 Å². The molecule has 0 aliphatic carbocycles. The Kier molecular flexibility index (Phi) is 7.30. The molecule has 2 saturated heterocycles. The van der Waals surface area contributed by atoms with Crippen molar-refractivity contribution in [3.05, 3.63) is 114 Å². The quantitative estimate of drug-likeness (QED) is 0.174. The first-order valence-corrected chi connectivity index (χ1v) is 23.1. The molecule has 0 aromatic heterocycles. The highest BCUT2D eigenvalue weighted by atomic mass is 16.5. The zero-order valence-electron chi connectivity index (χ0n) is 34.4. The van der Waals surface area contributed by atoms with Gasteiger partial charge in [-0.15, -0.1) is 0 Å². The van der Waals surface area contributed by atoms with Crippen molar-refractivity contribution in [3.63, 3.8) is 0 Å². The summed E-state index contributed by atoms with van der Waals surface area (Å²) in [5.74, 6) is 1.99. The minimum Gasteiger partial charge on any atom is -0.458 e. The topological polar surface area (TPSA) is 25.4 Å². The van der Waals surface area contributed by atoms with Crippen LogP contribution in [0.1, 0.15) is 62.5 Å². The second-order valence-electron chi connectivity index (χ2n) is 18.6. The number of para-hydroxylation sites is 1. The van der Waals surface area contributed by atoms with Gasteiger partial charge >= 0.3 is 0 Å². The molecule has 2 fully saturated rings. The third-order valence-electron chi connectivity index (χ3n) is 15.5. The summed E-state index contributed by atoms with van der Waals surface area (Å²) in [6.45, 7) is 6.99. The van der Waals surface area contributed by atoms with Crippen LogP contribution in [0.2, 0.25) is 0 Å². The van der Waals surface area contributed by atoms with Crippen LogP contribution in [0.5, 0.6) is 11.5 Å². The average molecular weight is 782 g/mol. The number of ether oxygens (including phenoxy) is 1. The standard InChI is InChI=1S/C52H49B2N5O/c1-4-14-34(15-5-1)59-45-20-10-18-43-49(45)53(37-22-24-41(55-26-6-2-7-27-55)35-16-12-30-57(43)51(35)37)39-32-40-48(33-46(39)59)60-47-21-11-19-44-50(47)54(40)38-23-25-42(56-28-8-3-9-29-56)36-17-13-31-58(44)52(36)38/h1,4-5,10-11,14-15,18-25,32-33H,2-3,6-9,12-13,16-17,26-31H2. The smallest absolute Gasteiger partial charge is 0.256 e. The van der Waals surface area contributed by atoms with Gasteiger partial charge in [0.2, 0.25) is 0 Å². The molecule has 8 aliphatic rings. The summed E-state index contributed by atoms with van der Waals surface area (Å²) in [7, 11) is 0. The Hall–Kier alpha value is -5.75. The Labute approximate surface area is 354 Å². The third-order valence-corrected chi connectivity index (χ3v) is 15.5. The van der Waals surface area contributed by atoms with E-state index < -0.39 is 0 Å². The number of anilines is 9. The van der Waals surface area contributed by atoms with E-state index in [1.54, 1.807) is 11.1 Å².